The van der Waals surface area contributed by atoms with Crippen molar-refractivity contribution in [1.82, 2.24) is 5.32 Å². The van der Waals surface area contributed by atoms with Gasteiger partial charge >= 0.3 is 6.03 Å². The highest BCUT2D eigenvalue weighted by Gasteiger charge is 2.29. The van der Waals surface area contributed by atoms with Gasteiger partial charge in [0.15, 0.2) is 0 Å². The van der Waals surface area contributed by atoms with Crippen LogP contribution < -0.4 is 15.5 Å². The number of urea groups is 1. The second-order valence-electron chi connectivity index (χ2n) is 5.77. The van der Waals surface area contributed by atoms with E-state index in [2.05, 4.69) is 17.6 Å². The van der Waals surface area contributed by atoms with Gasteiger partial charge < -0.3 is 10.6 Å². The van der Waals surface area contributed by atoms with E-state index < -0.39 is 0 Å². The molecule has 2 aromatic carbocycles. The first-order valence-corrected chi connectivity index (χ1v) is 8.08. The smallest absolute Gasteiger partial charge is 0.326 e. The van der Waals surface area contributed by atoms with Gasteiger partial charge in [0.1, 0.15) is 0 Å². The van der Waals surface area contributed by atoms with Crippen LogP contribution in [0.25, 0.3) is 0 Å². The molecular formula is C18H18ClN3O2. The summed E-state index contributed by atoms with van der Waals surface area (Å²) in [5, 5.41) is 5.74. The molecule has 24 heavy (non-hydrogen) atoms. The number of nitrogens with zero attached hydrogens (tertiary/aromatic N) is 1. The number of benzene rings is 2. The van der Waals surface area contributed by atoms with Crippen molar-refractivity contribution < 1.29 is 9.59 Å². The normalized spacial score (nSPS) is 15.8. The molecule has 2 aromatic rings. The van der Waals surface area contributed by atoms with Gasteiger partial charge in [-0.1, -0.05) is 36.7 Å². The molecule has 1 unspecified atom stereocenters. The number of carbonyl (C=O) groups excluding carboxylic acids is 2. The topological polar surface area (TPSA) is 61.4 Å². The van der Waals surface area contributed by atoms with Crippen LogP contribution in [-0.2, 0) is 0 Å². The van der Waals surface area contributed by atoms with Gasteiger partial charge in [0.05, 0.1) is 10.7 Å². The maximum Gasteiger partial charge on any atom is 0.326 e. The quantitative estimate of drug-likeness (QED) is 0.869. The number of halogens is 1. The van der Waals surface area contributed by atoms with Crippen molar-refractivity contribution in [1.29, 1.82) is 0 Å². The van der Waals surface area contributed by atoms with Crippen LogP contribution in [0.1, 0.15) is 28.8 Å². The van der Waals surface area contributed by atoms with E-state index in [-0.39, 0.29) is 17.9 Å². The first kappa shape index (κ1) is 16.3. The Kier molecular flexibility index (Phi) is 4.44. The van der Waals surface area contributed by atoms with Crippen LogP contribution >= 0.6 is 11.6 Å². The molecule has 3 amide bonds. The summed E-state index contributed by atoms with van der Waals surface area (Å²) in [6, 6.07) is 12.4. The Labute approximate surface area is 145 Å². The van der Waals surface area contributed by atoms with Gasteiger partial charge in [-0.25, -0.2) is 4.79 Å². The van der Waals surface area contributed by atoms with Crippen molar-refractivity contribution >= 4 is 34.9 Å². The molecule has 6 heteroatoms. The molecule has 1 atom stereocenters. The Hall–Kier alpha value is -2.53. The molecule has 0 aromatic heterocycles. The van der Waals surface area contributed by atoms with Gasteiger partial charge in [-0.2, -0.15) is 0 Å². The summed E-state index contributed by atoms with van der Waals surface area (Å²) in [6.45, 7) is 2.70. The SMILES string of the molecule is CNC(=O)c1ccc(Cl)c(NC(=O)N2CC(C)c3ccccc32)c1. The molecule has 5 nitrogen and oxygen atoms in total. The van der Waals surface area contributed by atoms with Gasteiger partial charge in [-0.15, -0.1) is 0 Å². The van der Waals surface area contributed by atoms with E-state index in [0.717, 1.165) is 11.3 Å². The number of hydrogen-bond acceptors (Lipinski definition) is 2. The number of carbonyl (C=O) groups is 2. The molecule has 0 spiro atoms. The lowest BCUT2D eigenvalue weighted by Crippen LogP contribution is -2.34. The second kappa shape index (κ2) is 6.53. The Bertz CT molecular complexity index is 807. The summed E-state index contributed by atoms with van der Waals surface area (Å²) < 4.78 is 0. The van der Waals surface area contributed by atoms with Gasteiger partial charge in [-0.05, 0) is 29.8 Å². The number of nitrogens with one attached hydrogen (secondary N) is 2. The van der Waals surface area contributed by atoms with Crippen molar-refractivity contribution in [2.45, 2.75) is 12.8 Å². The molecule has 1 aliphatic heterocycles. The summed E-state index contributed by atoms with van der Waals surface area (Å²) in [7, 11) is 1.55. The molecule has 1 heterocycles. The minimum atomic E-state index is -0.261. The van der Waals surface area contributed by atoms with Gasteiger partial charge in [0.2, 0.25) is 0 Å². The fourth-order valence-corrected chi connectivity index (χ4v) is 3.07. The number of fused-ring (bicyclic) bond motifs is 1. The van der Waals surface area contributed by atoms with Crippen molar-refractivity contribution in [3.05, 3.63) is 58.6 Å². The van der Waals surface area contributed by atoms with Crippen LogP contribution in [-0.4, -0.2) is 25.5 Å². The summed E-state index contributed by atoms with van der Waals surface area (Å²) in [5.41, 5.74) is 2.91. The summed E-state index contributed by atoms with van der Waals surface area (Å²) >= 11 is 6.16. The van der Waals surface area contributed by atoms with Crippen molar-refractivity contribution in [3.63, 3.8) is 0 Å². The molecule has 0 aliphatic carbocycles. The van der Waals surface area contributed by atoms with E-state index in [0.29, 0.717) is 22.8 Å². The van der Waals surface area contributed by atoms with Crippen molar-refractivity contribution in [2.75, 3.05) is 23.8 Å². The van der Waals surface area contributed by atoms with Crippen LogP contribution in [0, 0.1) is 0 Å². The summed E-state index contributed by atoms with van der Waals surface area (Å²) in [4.78, 5) is 26.1. The Balaban J connectivity index is 1.85. The largest absolute Gasteiger partial charge is 0.355 e. The summed E-state index contributed by atoms with van der Waals surface area (Å²) in [6.07, 6.45) is 0. The van der Waals surface area contributed by atoms with E-state index in [1.165, 1.54) is 0 Å². The van der Waals surface area contributed by atoms with E-state index in [1.807, 2.05) is 24.3 Å². The Morgan fingerprint density at radius 2 is 1.96 bits per heavy atom. The highest BCUT2D eigenvalue weighted by atomic mass is 35.5. The van der Waals surface area contributed by atoms with Crippen LogP contribution in [0.5, 0.6) is 0 Å². The van der Waals surface area contributed by atoms with Gasteiger partial charge in [0.25, 0.3) is 5.91 Å². The minimum absolute atomic E-state index is 0.234. The molecule has 0 fully saturated rings. The van der Waals surface area contributed by atoms with Gasteiger partial charge in [0, 0.05) is 30.8 Å². The second-order valence-corrected chi connectivity index (χ2v) is 6.18. The monoisotopic (exact) mass is 343 g/mol. The van der Waals surface area contributed by atoms with Crippen LogP contribution in [0.15, 0.2) is 42.5 Å². The zero-order chi connectivity index (χ0) is 17.3. The third-order valence-corrected chi connectivity index (χ3v) is 4.49. The molecule has 2 N–H and O–H groups in total. The maximum atomic E-state index is 12.7. The molecule has 0 bridgehead atoms. The predicted octanol–water partition coefficient (Wildman–Crippen LogP) is 3.86. The molecule has 124 valence electrons. The molecule has 1 aliphatic rings. The van der Waals surface area contributed by atoms with Crippen LogP contribution in [0.3, 0.4) is 0 Å². The first-order chi connectivity index (χ1) is 11.5. The molecular weight excluding hydrogens is 326 g/mol. The van der Waals surface area contributed by atoms with Crippen molar-refractivity contribution in [3.8, 4) is 0 Å². The van der Waals surface area contributed by atoms with Crippen molar-refractivity contribution in [2.24, 2.45) is 0 Å². The fraction of sp³-hybridized carbons (Fsp3) is 0.222. The Morgan fingerprint density at radius 1 is 1.21 bits per heavy atom. The predicted molar refractivity (Wildman–Crippen MR) is 96.1 cm³/mol. The van der Waals surface area contributed by atoms with E-state index in [1.54, 1.807) is 30.1 Å². The maximum absolute atomic E-state index is 12.7. The highest BCUT2D eigenvalue weighted by molar-refractivity contribution is 6.34. The lowest BCUT2D eigenvalue weighted by atomic mass is 10.0. The fourth-order valence-electron chi connectivity index (χ4n) is 2.90. The lowest BCUT2D eigenvalue weighted by Gasteiger charge is -2.19. The standard InChI is InChI=1S/C18H18ClN3O2/c1-11-10-22(16-6-4-3-5-13(11)16)18(24)21-15-9-12(17(23)20-2)7-8-14(15)19/h3-9,11H,10H2,1-2H3,(H,20,23)(H,21,24). The zero-order valence-corrected chi connectivity index (χ0v) is 14.2. The molecule has 3 rings (SSSR count). The molecule has 0 radical (unpaired) electrons. The molecule has 0 saturated carbocycles. The average molecular weight is 344 g/mol. The average Bonchev–Trinajstić information content (AvgIpc) is 2.93. The third kappa shape index (κ3) is 2.95. The zero-order valence-electron chi connectivity index (χ0n) is 13.5. The minimum Gasteiger partial charge on any atom is -0.355 e. The van der Waals surface area contributed by atoms with Gasteiger partial charge in [-0.3, -0.25) is 9.69 Å². The Morgan fingerprint density at radius 3 is 2.71 bits per heavy atom. The van der Waals surface area contributed by atoms with E-state index in [9.17, 15) is 9.59 Å². The summed E-state index contributed by atoms with van der Waals surface area (Å²) in [5.74, 6) is 0.0435. The molecule has 0 saturated heterocycles. The number of amides is 3. The van der Waals surface area contributed by atoms with E-state index >= 15 is 0 Å². The van der Waals surface area contributed by atoms with Crippen LogP contribution in [0.2, 0.25) is 5.02 Å². The number of anilines is 2. The van der Waals surface area contributed by atoms with Crippen LogP contribution in [0.4, 0.5) is 16.2 Å². The number of rotatable bonds is 2. The first-order valence-electron chi connectivity index (χ1n) is 7.70. The number of para-hydroxylation sites is 1. The third-order valence-electron chi connectivity index (χ3n) is 4.16. The highest BCUT2D eigenvalue weighted by Crippen LogP contribution is 2.36. The van der Waals surface area contributed by atoms with E-state index in [4.69, 9.17) is 11.6 Å². The lowest BCUT2D eigenvalue weighted by molar-refractivity contribution is 0.0963. The number of hydrogen-bond donors (Lipinski definition) is 2.